The monoisotopic (exact) mass is 458 g/mol. The van der Waals surface area contributed by atoms with Crippen molar-refractivity contribution in [2.75, 3.05) is 25.4 Å². The van der Waals surface area contributed by atoms with Gasteiger partial charge in [0, 0.05) is 35.4 Å². The summed E-state index contributed by atoms with van der Waals surface area (Å²) in [4.78, 5) is 29.9. The number of halogens is 1. The summed E-state index contributed by atoms with van der Waals surface area (Å²) < 4.78 is 0.826. The summed E-state index contributed by atoms with van der Waals surface area (Å²) in [5, 5.41) is 0. The van der Waals surface area contributed by atoms with E-state index in [4.69, 9.17) is 0 Å². The van der Waals surface area contributed by atoms with Gasteiger partial charge in [-0.2, -0.15) is 0 Å². The summed E-state index contributed by atoms with van der Waals surface area (Å²) in [6.45, 7) is 4.13. The van der Waals surface area contributed by atoms with Crippen molar-refractivity contribution in [1.29, 1.82) is 0 Å². The molecule has 2 fully saturated rings. The van der Waals surface area contributed by atoms with Crippen LogP contribution >= 0.6 is 27.7 Å². The first-order chi connectivity index (χ1) is 13.5. The van der Waals surface area contributed by atoms with Crippen LogP contribution in [-0.2, 0) is 0 Å². The Hall–Kier alpha value is -1.79. The number of carbonyl (C=O) groups is 2. The van der Waals surface area contributed by atoms with E-state index in [1.54, 1.807) is 0 Å². The number of benzene rings is 2. The zero-order valence-electron chi connectivity index (χ0n) is 15.9. The summed E-state index contributed by atoms with van der Waals surface area (Å²) in [6, 6.07) is 15.4. The van der Waals surface area contributed by atoms with Crippen molar-refractivity contribution in [3.05, 3.63) is 69.7 Å². The summed E-state index contributed by atoms with van der Waals surface area (Å²) in [5.41, 5.74) is 2.56. The molecule has 6 heteroatoms. The van der Waals surface area contributed by atoms with Gasteiger partial charge in [0.25, 0.3) is 11.8 Å². The summed E-state index contributed by atoms with van der Waals surface area (Å²) in [7, 11) is 0. The second-order valence-electron chi connectivity index (χ2n) is 7.39. The maximum absolute atomic E-state index is 13.2. The van der Waals surface area contributed by atoms with Gasteiger partial charge in [0.05, 0.1) is 10.4 Å². The molecule has 0 N–H and O–H groups in total. The van der Waals surface area contributed by atoms with Crippen molar-refractivity contribution >= 4 is 39.5 Å². The number of amides is 2. The van der Waals surface area contributed by atoms with Gasteiger partial charge in [-0.05, 0) is 60.0 Å². The summed E-state index contributed by atoms with van der Waals surface area (Å²) in [5.74, 6) is 1.12. The normalized spacial score (nSPS) is 18.5. The molecule has 2 amide bonds. The average molecular weight is 459 g/mol. The van der Waals surface area contributed by atoms with Crippen molar-refractivity contribution in [2.24, 2.45) is 0 Å². The highest BCUT2D eigenvalue weighted by Gasteiger charge is 2.47. The molecule has 2 aromatic rings. The van der Waals surface area contributed by atoms with Crippen LogP contribution in [0.1, 0.15) is 39.1 Å². The lowest BCUT2D eigenvalue weighted by atomic mass is 9.99. The molecule has 0 atom stereocenters. The molecule has 4 nitrogen and oxygen atoms in total. The van der Waals surface area contributed by atoms with Gasteiger partial charge in [0.1, 0.15) is 0 Å². The molecule has 0 radical (unpaired) electrons. The molecule has 2 aromatic carbocycles. The Bertz CT molecular complexity index is 909. The molecular weight excluding hydrogens is 436 g/mol. The maximum Gasteiger partial charge on any atom is 0.255 e. The van der Waals surface area contributed by atoms with Crippen LogP contribution in [0.15, 0.2) is 53.0 Å². The van der Waals surface area contributed by atoms with Crippen molar-refractivity contribution in [2.45, 2.75) is 24.6 Å². The zero-order valence-corrected chi connectivity index (χ0v) is 18.3. The van der Waals surface area contributed by atoms with Gasteiger partial charge in [-0.3, -0.25) is 9.59 Å². The molecule has 2 aliphatic rings. The third-order valence-corrected chi connectivity index (χ3v) is 7.87. The molecule has 2 heterocycles. The topological polar surface area (TPSA) is 40.6 Å². The molecule has 0 aromatic heterocycles. The van der Waals surface area contributed by atoms with Crippen LogP contribution in [0, 0.1) is 6.92 Å². The van der Waals surface area contributed by atoms with Gasteiger partial charge in [-0.1, -0.05) is 29.8 Å². The molecule has 4 rings (SSSR count). The largest absolute Gasteiger partial charge is 0.338 e. The molecule has 0 saturated carbocycles. The van der Waals surface area contributed by atoms with E-state index in [2.05, 4.69) is 15.9 Å². The van der Waals surface area contributed by atoms with Crippen LogP contribution in [0.4, 0.5) is 0 Å². The van der Waals surface area contributed by atoms with Crippen LogP contribution in [0.5, 0.6) is 0 Å². The van der Waals surface area contributed by atoms with Gasteiger partial charge in [0.2, 0.25) is 0 Å². The second kappa shape index (κ2) is 7.91. The Labute approximate surface area is 178 Å². The van der Waals surface area contributed by atoms with E-state index in [1.165, 1.54) is 0 Å². The summed E-state index contributed by atoms with van der Waals surface area (Å²) >= 11 is 5.35. The molecule has 2 aliphatic heterocycles. The fourth-order valence-electron chi connectivity index (χ4n) is 4.11. The smallest absolute Gasteiger partial charge is 0.255 e. The van der Waals surface area contributed by atoms with Crippen LogP contribution < -0.4 is 0 Å². The summed E-state index contributed by atoms with van der Waals surface area (Å²) in [6.07, 6.45) is 1.62. The molecule has 1 spiro atoms. The highest BCUT2D eigenvalue weighted by atomic mass is 79.9. The lowest BCUT2D eigenvalue weighted by Gasteiger charge is -2.44. The molecule has 146 valence electrons. The molecule has 0 aliphatic carbocycles. The third kappa shape index (κ3) is 3.60. The number of hydrogen-bond donors (Lipinski definition) is 0. The van der Waals surface area contributed by atoms with Gasteiger partial charge in [-0.15, -0.1) is 11.8 Å². The first kappa shape index (κ1) is 19.5. The highest BCUT2D eigenvalue weighted by molar-refractivity contribution is 9.10. The Morgan fingerprint density at radius 1 is 1.00 bits per heavy atom. The number of hydrogen-bond acceptors (Lipinski definition) is 3. The van der Waals surface area contributed by atoms with Crippen molar-refractivity contribution < 1.29 is 9.59 Å². The van der Waals surface area contributed by atoms with E-state index in [-0.39, 0.29) is 16.7 Å². The lowest BCUT2D eigenvalue weighted by molar-refractivity contribution is 0.0497. The number of carbonyl (C=O) groups excluding carboxylic acids is 2. The van der Waals surface area contributed by atoms with E-state index >= 15 is 0 Å². The SMILES string of the molecule is Cc1cccc(C(=O)N2CCSC23CCN(C(=O)c2ccccc2Br)CC3)c1. The standard InChI is InChI=1S/C22H23BrN2O2S/c1-16-5-4-6-17(15-16)20(26)25-13-14-28-22(25)9-11-24(12-10-22)21(27)18-7-2-3-8-19(18)23/h2-8,15H,9-14H2,1H3. The predicted molar refractivity (Wildman–Crippen MR) is 117 cm³/mol. The molecule has 0 unspecified atom stereocenters. The van der Waals surface area contributed by atoms with Crippen LogP contribution in [0.3, 0.4) is 0 Å². The van der Waals surface area contributed by atoms with E-state index in [9.17, 15) is 9.59 Å². The molecule has 28 heavy (non-hydrogen) atoms. The van der Waals surface area contributed by atoms with Crippen LogP contribution in [-0.4, -0.2) is 51.9 Å². The molecule has 2 saturated heterocycles. The van der Waals surface area contributed by atoms with Crippen molar-refractivity contribution in [3.63, 3.8) is 0 Å². The Morgan fingerprint density at radius 3 is 2.46 bits per heavy atom. The average Bonchev–Trinajstić information content (AvgIpc) is 3.11. The number of aryl methyl sites for hydroxylation is 1. The highest BCUT2D eigenvalue weighted by Crippen LogP contribution is 2.44. The first-order valence-electron chi connectivity index (χ1n) is 9.57. The number of nitrogens with zero attached hydrogens (tertiary/aromatic N) is 2. The van der Waals surface area contributed by atoms with Crippen molar-refractivity contribution in [3.8, 4) is 0 Å². The van der Waals surface area contributed by atoms with Gasteiger partial charge >= 0.3 is 0 Å². The maximum atomic E-state index is 13.2. The minimum absolute atomic E-state index is 0.0573. The van der Waals surface area contributed by atoms with Crippen LogP contribution in [0.25, 0.3) is 0 Å². The Kier molecular flexibility index (Phi) is 5.52. The second-order valence-corrected chi connectivity index (χ2v) is 9.70. The molecule has 0 bridgehead atoms. The first-order valence-corrected chi connectivity index (χ1v) is 11.3. The van der Waals surface area contributed by atoms with E-state index in [0.29, 0.717) is 18.7 Å². The van der Waals surface area contributed by atoms with Gasteiger partial charge in [0.15, 0.2) is 0 Å². The lowest BCUT2D eigenvalue weighted by Crippen LogP contribution is -2.53. The van der Waals surface area contributed by atoms with E-state index < -0.39 is 0 Å². The minimum atomic E-state index is -0.189. The van der Waals surface area contributed by atoms with Crippen molar-refractivity contribution in [1.82, 2.24) is 9.80 Å². The van der Waals surface area contributed by atoms with E-state index in [0.717, 1.165) is 40.7 Å². The predicted octanol–water partition coefficient (Wildman–Crippen LogP) is 4.58. The van der Waals surface area contributed by atoms with Crippen LogP contribution in [0.2, 0.25) is 0 Å². The Balaban J connectivity index is 1.49. The fourth-order valence-corrected chi connectivity index (χ4v) is 6.02. The number of piperidine rings is 1. The van der Waals surface area contributed by atoms with Gasteiger partial charge < -0.3 is 9.80 Å². The third-order valence-electron chi connectivity index (χ3n) is 5.62. The van der Waals surface area contributed by atoms with E-state index in [1.807, 2.05) is 77.0 Å². The Morgan fingerprint density at radius 2 is 1.75 bits per heavy atom. The fraction of sp³-hybridized carbons (Fsp3) is 0.364. The number of rotatable bonds is 2. The number of thioether (sulfide) groups is 1. The number of likely N-dealkylation sites (tertiary alicyclic amines) is 1. The molecular formula is C22H23BrN2O2S. The van der Waals surface area contributed by atoms with Gasteiger partial charge in [-0.25, -0.2) is 0 Å². The minimum Gasteiger partial charge on any atom is -0.338 e. The quantitative estimate of drug-likeness (QED) is 0.660. The zero-order chi connectivity index (χ0) is 19.7.